The Hall–Kier alpha value is -3.19. The number of hydrogen-bond acceptors (Lipinski definition) is 5. The van der Waals surface area contributed by atoms with Crippen LogP contribution in [0.2, 0.25) is 0 Å². The second kappa shape index (κ2) is 7.82. The molecule has 6 nitrogen and oxygen atoms in total. The van der Waals surface area contributed by atoms with Crippen LogP contribution >= 0.6 is 11.8 Å². The lowest BCUT2D eigenvalue weighted by molar-refractivity contribution is -0.113. The number of benzene rings is 2. The van der Waals surface area contributed by atoms with Crippen molar-refractivity contribution in [2.45, 2.75) is 18.9 Å². The van der Waals surface area contributed by atoms with E-state index in [0.717, 1.165) is 38.6 Å². The van der Waals surface area contributed by atoms with Gasteiger partial charge in [-0.2, -0.15) is 5.10 Å². The van der Waals surface area contributed by atoms with E-state index in [4.69, 9.17) is 0 Å². The van der Waals surface area contributed by atoms with Crippen molar-refractivity contribution in [2.24, 2.45) is 0 Å². The molecule has 28 heavy (non-hydrogen) atoms. The molecule has 0 saturated heterocycles. The topological polar surface area (TPSA) is 72.7 Å². The molecule has 1 N–H and O–H groups in total. The third kappa shape index (κ3) is 3.61. The first kappa shape index (κ1) is 18.2. The molecule has 2 aromatic carbocycles. The molecule has 4 rings (SSSR count). The second-order valence-electron chi connectivity index (χ2n) is 6.39. The van der Waals surface area contributed by atoms with Crippen LogP contribution in [-0.4, -0.2) is 31.4 Å². The van der Waals surface area contributed by atoms with E-state index in [1.807, 2.05) is 62.4 Å². The molecule has 1 amide bonds. The minimum absolute atomic E-state index is 0.0686. The van der Waals surface area contributed by atoms with Crippen LogP contribution in [0.15, 0.2) is 66.1 Å². The summed E-state index contributed by atoms with van der Waals surface area (Å²) >= 11 is 1.38. The first-order valence-corrected chi connectivity index (χ1v) is 9.85. The van der Waals surface area contributed by atoms with Gasteiger partial charge in [0.25, 0.3) is 0 Å². The van der Waals surface area contributed by atoms with Gasteiger partial charge in [-0.1, -0.05) is 42.1 Å². The van der Waals surface area contributed by atoms with E-state index in [-0.39, 0.29) is 11.7 Å². The van der Waals surface area contributed by atoms with Gasteiger partial charge in [0.15, 0.2) is 5.65 Å². The zero-order valence-electron chi connectivity index (χ0n) is 15.6. The Balaban J connectivity index is 1.52. The number of anilines is 1. The summed E-state index contributed by atoms with van der Waals surface area (Å²) in [6.07, 6.45) is 3.25. The zero-order valence-corrected chi connectivity index (χ0v) is 16.4. The van der Waals surface area contributed by atoms with Crippen LogP contribution in [0.3, 0.4) is 0 Å². The smallest absolute Gasteiger partial charge is 0.234 e. The van der Waals surface area contributed by atoms with Crippen LogP contribution in [0.4, 0.5) is 5.69 Å². The molecule has 0 unspecified atom stereocenters. The Morgan fingerprint density at radius 2 is 1.89 bits per heavy atom. The standard InChI is InChI=1S/C21H19N5OS/c1-14-7-6-10-18(15(14)2)25-19(27)12-28-21-17-11-24-26(20(17)22-13-23-21)16-8-4-3-5-9-16/h3-11,13H,12H2,1-2H3,(H,25,27). The summed E-state index contributed by atoms with van der Waals surface area (Å²) in [6.45, 7) is 4.03. The highest BCUT2D eigenvalue weighted by Crippen LogP contribution is 2.26. The van der Waals surface area contributed by atoms with Gasteiger partial charge in [0.05, 0.1) is 23.0 Å². The number of rotatable bonds is 5. The van der Waals surface area contributed by atoms with Gasteiger partial charge in [0, 0.05) is 5.69 Å². The van der Waals surface area contributed by atoms with Gasteiger partial charge in [-0.15, -0.1) is 0 Å². The molecule has 0 fully saturated rings. The molecular formula is C21H19N5OS. The average molecular weight is 389 g/mol. The van der Waals surface area contributed by atoms with Crippen molar-refractivity contribution in [1.29, 1.82) is 0 Å². The Morgan fingerprint density at radius 1 is 1.07 bits per heavy atom. The number of para-hydroxylation sites is 1. The van der Waals surface area contributed by atoms with Gasteiger partial charge in [0.2, 0.25) is 5.91 Å². The quantitative estimate of drug-likeness (QED) is 0.410. The fraction of sp³-hybridized carbons (Fsp3) is 0.143. The lowest BCUT2D eigenvalue weighted by Crippen LogP contribution is -2.15. The van der Waals surface area contributed by atoms with Crippen molar-refractivity contribution in [3.8, 4) is 5.69 Å². The van der Waals surface area contributed by atoms with Gasteiger partial charge >= 0.3 is 0 Å². The highest BCUT2D eigenvalue weighted by Gasteiger charge is 2.13. The number of aromatic nitrogens is 4. The minimum Gasteiger partial charge on any atom is -0.325 e. The normalized spacial score (nSPS) is 10.9. The Bertz CT molecular complexity index is 1140. The van der Waals surface area contributed by atoms with E-state index >= 15 is 0 Å². The maximum absolute atomic E-state index is 12.4. The molecule has 2 aromatic heterocycles. The van der Waals surface area contributed by atoms with Gasteiger partial charge in [-0.25, -0.2) is 14.6 Å². The summed E-state index contributed by atoms with van der Waals surface area (Å²) < 4.78 is 1.78. The number of carbonyl (C=O) groups is 1. The summed E-state index contributed by atoms with van der Waals surface area (Å²) in [5, 5.41) is 8.99. The van der Waals surface area contributed by atoms with Crippen molar-refractivity contribution in [3.05, 3.63) is 72.2 Å². The second-order valence-corrected chi connectivity index (χ2v) is 7.36. The fourth-order valence-corrected chi connectivity index (χ4v) is 3.66. The van der Waals surface area contributed by atoms with Crippen LogP contribution in [0, 0.1) is 13.8 Å². The Labute approximate surface area is 167 Å². The molecule has 7 heteroatoms. The average Bonchev–Trinajstić information content (AvgIpc) is 3.15. The van der Waals surface area contributed by atoms with E-state index in [9.17, 15) is 4.79 Å². The van der Waals surface area contributed by atoms with Crippen molar-refractivity contribution in [1.82, 2.24) is 19.7 Å². The molecule has 0 radical (unpaired) electrons. The summed E-state index contributed by atoms with van der Waals surface area (Å²) in [5.74, 6) is 0.191. The van der Waals surface area contributed by atoms with Crippen molar-refractivity contribution in [3.63, 3.8) is 0 Å². The van der Waals surface area contributed by atoms with E-state index in [2.05, 4.69) is 20.4 Å². The first-order chi connectivity index (χ1) is 13.6. The van der Waals surface area contributed by atoms with Crippen LogP contribution in [-0.2, 0) is 4.79 Å². The number of fused-ring (bicyclic) bond motifs is 1. The number of aryl methyl sites for hydroxylation is 1. The van der Waals surface area contributed by atoms with Crippen LogP contribution < -0.4 is 5.32 Å². The predicted molar refractivity (Wildman–Crippen MR) is 112 cm³/mol. The number of nitrogens with one attached hydrogen (secondary N) is 1. The van der Waals surface area contributed by atoms with E-state index in [1.165, 1.54) is 18.1 Å². The number of hydrogen-bond donors (Lipinski definition) is 1. The third-order valence-corrected chi connectivity index (χ3v) is 5.55. The summed E-state index contributed by atoms with van der Waals surface area (Å²) in [5.41, 5.74) is 4.72. The lowest BCUT2D eigenvalue weighted by atomic mass is 10.1. The first-order valence-electron chi connectivity index (χ1n) is 8.86. The third-order valence-electron chi connectivity index (χ3n) is 4.55. The molecule has 140 valence electrons. The highest BCUT2D eigenvalue weighted by atomic mass is 32.2. The molecule has 0 aliphatic heterocycles. The fourth-order valence-electron chi connectivity index (χ4n) is 2.90. The van der Waals surface area contributed by atoms with E-state index in [0.29, 0.717) is 0 Å². The molecule has 4 aromatic rings. The molecule has 0 aliphatic carbocycles. The van der Waals surface area contributed by atoms with Crippen molar-refractivity contribution < 1.29 is 4.79 Å². The maximum atomic E-state index is 12.4. The van der Waals surface area contributed by atoms with Gasteiger partial charge in [-0.3, -0.25) is 4.79 Å². The summed E-state index contributed by atoms with van der Waals surface area (Å²) in [7, 11) is 0. The van der Waals surface area contributed by atoms with Crippen LogP contribution in [0.5, 0.6) is 0 Å². The van der Waals surface area contributed by atoms with E-state index in [1.54, 1.807) is 10.9 Å². The van der Waals surface area contributed by atoms with Crippen molar-refractivity contribution >= 4 is 34.4 Å². The molecule has 0 saturated carbocycles. The van der Waals surface area contributed by atoms with Gasteiger partial charge in [-0.05, 0) is 43.2 Å². The molecule has 2 heterocycles. The summed E-state index contributed by atoms with van der Waals surface area (Å²) in [6, 6.07) is 15.7. The lowest BCUT2D eigenvalue weighted by Gasteiger charge is -2.10. The maximum Gasteiger partial charge on any atom is 0.234 e. The number of thioether (sulfide) groups is 1. The highest BCUT2D eigenvalue weighted by molar-refractivity contribution is 8.00. The Kier molecular flexibility index (Phi) is 5.08. The van der Waals surface area contributed by atoms with Gasteiger partial charge in [0.1, 0.15) is 11.4 Å². The summed E-state index contributed by atoms with van der Waals surface area (Å²) in [4.78, 5) is 21.1. The zero-order chi connectivity index (χ0) is 19.5. The number of carbonyl (C=O) groups excluding carboxylic acids is 1. The van der Waals surface area contributed by atoms with Crippen molar-refractivity contribution in [2.75, 3.05) is 11.1 Å². The predicted octanol–water partition coefficient (Wildman–Crippen LogP) is 4.16. The molecule has 0 bridgehead atoms. The largest absolute Gasteiger partial charge is 0.325 e. The molecular weight excluding hydrogens is 370 g/mol. The van der Waals surface area contributed by atoms with E-state index < -0.39 is 0 Å². The number of nitrogens with zero attached hydrogens (tertiary/aromatic N) is 4. The monoisotopic (exact) mass is 389 g/mol. The Morgan fingerprint density at radius 3 is 2.71 bits per heavy atom. The van der Waals surface area contributed by atoms with Crippen LogP contribution in [0.25, 0.3) is 16.7 Å². The SMILES string of the molecule is Cc1cccc(NC(=O)CSc2ncnc3c2cnn3-c2ccccc2)c1C. The van der Waals surface area contributed by atoms with Crippen LogP contribution in [0.1, 0.15) is 11.1 Å². The number of amides is 1. The van der Waals surface area contributed by atoms with Gasteiger partial charge < -0.3 is 5.32 Å². The molecule has 0 atom stereocenters. The minimum atomic E-state index is -0.0686. The molecule has 0 aliphatic rings. The molecule has 0 spiro atoms.